The third-order valence-corrected chi connectivity index (χ3v) is 3.06. The van der Waals surface area contributed by atoms with E-state index >= 15 is 0 Å². The number of nitrogens with one attached hydrogen (secondary N) is 2. The molecule has 0 aliphatic heterocycles. The average Bonchev–Trinajstić information content (AvgIpc) is 2.87. The van der Waals surface area contributed by atoms with Gasteiger partial charge in [0.1, 0.15) is 0 Å². The zero-order valence-electron chi connectivity index (χ0n) is 10.6. The van der Waals surface area contributed by atoms with Crippen molar-refractivity contribution in [2.24, 2.45) is 0 Å². The lowest BCUT2D eigenvalue weighted by molar-refractivity contribution is 0.659. The molecule has 0 saturated heterocycles. The number of benzene rings is 1. The van der Waals surface area contributed by atoms with Gasteiger partial charge in [0, 0.05) is 35.6 Å². The summed E-state index contributed by atoms with van der Waals surface area (Å²) in [6.07, 6.45) is 3.83. The first kappa shape index (κ1) is 13.8. The van der Waals surface area contributed by atoms with Crippen LogP contribution >= 0.6 is 23.8 Å². The highest BCUT2D eigenvalue weighted by Crippen LogP contribution is 2.13. The number of halogens is 1. The molecule has 0 amide bonds. The van der Waals surface area contributed by atoms with Crippen LogP contribution in [0.25, 0.3) is 0 Å². The molecule has 0 aliphatic rings. The second-order valence-corrected chi connectivity index (χ2v) is 4.86. The van der Waals surface area contributed by atoms with Crippen molar-refractivity contribution in [3.8, 4) is 0 Å². The maximum atomic E-state index is 5.82. The number of nitrogens with zero attached hydrogens (tertiary/aromatic N) is 2. The zero-order valence-corrected chi connectivity index (χ0v) is 12.1. The number of hydrogen-bond acceptors (Lipinski definition) is 2. The van der Waals surface area contributed by atoms with Crippen LogP contribution in [0, 0.1) is 0 Å². The molecular formula is C13H15ClN4S. The highest BCUT2D eigenvalue weighted by molar-refractivity contribution is 7.80. The molecule has 0 bridgehead atoms. The lowest BCUT2D eigenvalue weighted by atomic mass is 10.3. The molecule has 4 nitrogen and oxygen atoms in total. The fourth-order valence-corrected chi connectivity index (χ4v) is 1.88. The Morgan fingerprint density at radius 1 is 1.37 bits per heavy atom. The molecule has 0 saturated carbocycles. The molecule has 1 aromatic carbocycles. The summed E-state index contributed by atoms with van der Waals surface area (Å²) < 4.78 is 1.88. The normalized spacial score (nSPS) is 10.2. The Labute approximate surface area is 122 Å². The van der Waals surface area contributed by atoms with Crippen molar-refractivity contribution in [1.82, 2.24) is 15.1 Å². The fourth-order valence-electron chi connectivity index (χ4n) is 1.56. The van der Waals surface area contributed by atoms with Gasteiger partial charge < -0.3 is 10.6 Å². The summed E-state index contributed by atoms with van der Waals surface area (Å²) in [6, 6.07) is 7.40. The SMILES string of the molecule is CCn1cc(CNC(=S)Nc2ccc(Cl)cc2)cn1. The molecule has 2 rings (SSSR count). The highest BCUT2D eigenvalue weighted by Gasteiger charge is 2.00. The largest absolute Gasteiger partial charge is 0.358 e. The van der Waals surface area contributed by atoms with Gasteiger partial charge in [-0.3, -0.25) is 4.68 Å². The second kappa shape index (κ2) is 6.54. The van der Waals surface area contributed by atoms with Crippen LogP contribution in [0.2, 0.25) is 5.02 Å². The van der Waals surface area contributed by atoms with Crippen LogP contribution in [0.3, 0.4) is 0 Å². The Kier molecular flexibility index (Phi) is 4.76. The van der Waals surface area contributed by atoms with Crippen LogP contribution in [0.15, 0.2) is 36.7 Å². The van der Waals surface area contributed by atoms with Gasteiger partial charge in [0.15, 0.2) is 5.11 Å². The average molecular weight is 295 g/mol. The Morgan fingerprint density at radius 3 is 2.74 bits per heavy atom. The van der Waals surface area contributed by atoms with Gasteiger partial charge in [0.25, 0.3) is 0 Å². The molecule has 6 heteroatoms. The van der Waals surface area contributed by atoms with Gasteiger partial charge in [-0.25, -0.2) is 0 Å². The summed E-state index contributed by atoms with van der Waals surface area (Å²) in [5.41, 5.74) is 2.01. The van der Waals surface area contributed by atoms with E-state index in [1.54, 1.807) is 0 Å². The van der Waals surface area contributed by atoms with Crippen molar-refractivity contribution >= 4 is 34.6 Å². The van der Waals surface area contributed by atoms with Gasteiger partial charge in [-0.1, -0.05) is 11.6 Å². The molecule has 0 atom stereocenters. The van der Waals surface area contributed by atoms with Crippen LogP contribution < -0.4 is 10.6 Å². The van der Waals surface area contributed by atoms with E-state index in [4.69, 9.17) is 23.8 Å². The summed E-state index contributed by atoms with van der Waals surface area (Å²) in [7, 11) is 0. The van der Waals surface area contributed by atoms with E-state index in [9.17, 15) is 0 Å². The Balaban J connectivity index is 1.82. The molecule has 19 heavy (non-hydrogen) atoms. The van der Waals surface area contributed by atoms with E-state index in [-0.39, 0.29) is 0 Å². The van der Waals surface area contributed by atoms with E-state index in [0.29, 0.717) is 16.7 Å². The van der Waals surface area contributed by atoms with E-state index < -0.39 is 0 Å². The minimum atomic E-state index is 0.576. The summed E-state index contributed by atoms with van der Waals surface area (Å²) in [5.74, 6) is 0. The topological polar surface area (TPSA) is 41.9 Å². The number of aryl methyl sites for hydroxylation is 1. The van der Waals surface area contributed by atoms with E-state index in [1.807, 2.05) is 41.3 Å². The fraction of sp³-hybridized carbons (Fsp3) is 0.231. The van der Waals surface area contributed by atoms with E-state index in [1.165, 1.54) is 0 Å². The summed E-state index contributed by atoms with van der Waals surface area (Å²) in [4.78, 5) is 0. The lowest BCUT2D eigenvalue weighted by Gasteiger charge is -2.09. The van der Waals surface area contributed by atoms with Gasteiger partial charge >= 0.3 is 0 Å². The van der Waals surface area contributed by atoms with E-state index in [0.717, 1.165) is 17.8 Å². The third-order valence-electron chi connectivity index (χ3n) is 2.57. The van der Waals surface area contributed by atoms with Crippen molar-refractivity contribution in [2.45, 2.75) is 20.0 Å². The van der Waals surface area contributed by atoms with Gasteiger partial charge in [-0.15, -0.1) is 0 Å². The molecule has 1 aromatic heterocycles. The first-order chi connectivity index (χ1) is 9.17. The standard InChI is InChI=1S/C13H15ClN4S/c1-2-18-9-10(8-16-18)7-15-13(19)17-12-5-3-11(14)4-6-12/h3-6,8-9H,2,7H2,1H3,(H2,15,17,19). The molecule has 2 N–H and O–H groups in total. The van der Waals surface area contributed by atoms with Crippen molar-refractivity contribution in [3.63, 3.8) is 0 Å². The predicted molar refractivity (Wildman–Crippen MR) is 82.4 cm³/mol. The molecule has 100 valence electrons. The van der Waals surface area contributed by atoms with Crippen molar-refractivity contribution in [1.29, 1.82) is 0 Å². The van der Waals surface area contributed by atoms with E-state index in [2.05, 4.69) is 22.7 Å². The maximum Gasteiger partial charge on any atom is 0.171 e. The van der Waals surface area contributed by atoms with Crippen LogP contribution in [-0.4, -0.2) is 14.9 Å². The quantitative estimate of drug-likeness (QED) is 0.851. The molecular weight excluding hydrogens is 280 g/mol. The van der Waals surface area contributed by atoms with Gasteiger partial charge in [0.2, 0.25) is 0 Å². The van der Waals surface area contributed by atoms with Crippen molar-refractivity contribution in [3.05, 3.63) is 47.2 Å². The predicted octanol–water partition coefficient (Wildman–Crippen LogP) is 3.04. The zero-order chi connectivity index (χ0) is 13.7. The summed E-state index contributed by atoms with van der Waals surface area (Å²) in [5, 5.41) is 11.7. The summed E-state index contributed by atoms with van der Waals surface area (Å²) in [6.45, 7) is 3.57. The smallest absolute Gasteiger partial charge is 0.171 e. The molecule has 2 aromatic rings. The summed E-state index contributed by atoms with van der Waals surface area (Å²) >= 11 is 11.0. The number of anilines is 1. The second-order valence-electron chi connectivity index (χ2n) is 4.02. The Morgan fingerprint density at radius 2 is 2.11 bits per heavy atom. The molecule has 0 fully saturated rings. The molecule has 1 heterocycles. The van der Waals surface area contributed by atoms with Gasteiger partial charge in [-0.2, -0.15) is 5.10 Å². The first-order valence-electron chi connectivity index (χ1n) is 5.99. The van der Waals surface area contributed by atoms with Crippen molar-refractivity contribution in [2.75, 3.05) is 5.32 Å². The number of rotatable bonds is 4. The minimum absolute atomic E-state index is 0.576. The van der Waals surface area contributed by atoms with Crippen LogP contribution in [0.5, 0.6) is 0 Å². The highest BCUT2D eigenvalue weighted by atomic mass is 35.5. The molecule has 0 aliphatic carbocycles. The molecule has 0 unspecified atom stereocenters. The number of hydrogen-bond donors (Lipinski definition) is 2. The minimum Gasteiger partial charge on any atom is -0.358 e. The third kappa shape index (κ3) is 4.22. The number of thiocarbonyl (C=S) groups is 1. The van der Waals surface area contributed by atoms with Crippen LogP contribution in [0.1, 0.15) is 12.5 Å². The maximum absolute atomic E-state index is 5.82. The number of aromatic nitrogens is 2. The first-order valence-corrected chi connectivity index (χ1v) is 6.77. The van der Waals surface area contributed by atoms with Gasteiger partial charge in [0.05, 0.1) is 6.20 Å². The lowest BCUT2D eigenvalue weighted by Crippen LogP contribution is -2.27. The molecule has 0 radical (unpaired) electrons. The monoisotopic (exact) mass is 294 g/mol. The molecule has 0 spiro atoms. The van der Waals surface area contributed by atoms with Crippen LogP contribution in [-0.2, 0) is 13.1 Å². The van der Waals surface area contributed by atoms with Gasteiger partial charge in [-0.05, 0) is 43.4 Å². The van der Waals surface area contributed by atoms with Crippen LogP contribution in [0.4, 0.5) is 5.69 Å². The van der Waals surface area contributed by atoms with Crippen molar-refractivity contribution < 1.29 is 0 Å². The Hall–Kier alpha value is -1.59. The Bertz CT molecular complexity index is 550.